The zero-order valence-electron chi connectivity index (χ0n) is 12.2. The predicted octanol–water partition coefficient (Wildman–Crippen LogP) is 0.835. The van der Waals surface area contributed by atoms with Gasteiger partial charge in [-0.05, 0) is 17.7 Å². The number of amides is 1. The van der Waals surface area contributed by atoms with Gasteiger partial charge in [0.25, 0.3) is 0 Å². The highest BCUT2D eigenvalue weighted by atomic mass is 19.1. The van der Waals surface area contributed by atoms with Crippen LogP contribution in [0.3, 0.4) is 0 Å². The molecule has 0 heterocycles. The average Bonchev–Trinajstić information content (AvgIpc) is 2.46. The van der Waals surface area contributed by atoms with E-state index in [0.29, 0.717) is 31.2 Å². The highest BCUT2D eigenvalue weighted by molar-refractivity contribution is 5.80. The van der Waals surface area contributed by atoms with Crippen LogP contribution in [0.5, 0.6) is 0 Å². The van der Waals surface area contributed by atoms with Crippen molar-refractivity contribution >= 4 is 11.9 Å². The van der Waals surface area contributed by atoms with E-state index >= 15 is 0 Å². The first-order valence-corrected chi connectivity index (χ1v) is 6.72. The second kappa shape index (κ2) is 9.52. The van der Waals surface area contributed by atoms with E-state index in [-0.39, 0.29) is 18.1 Å². The normalized spacial score (nSPS) is 10.9. The Morgan fingerprint density at radius 2 is 2.10 bits per heavy atom. The molecule has 0 aliphatic rings. The molecule has 0 unspecified atom stereocenters. The zero-order valence-corrected chi connectivity index (χ0v) is 12.2. The van der Waals surface area contributed by atoms with E-state index in [1.807, 2.05) is 0 Å². The lowest BCUT2D eigenvalue weighted by Crippen LogP contribution is -2.41. The smallest absolute Gasteiger partial charge is 0.224 e. The summed E-state index contributed by atoms with van der Waals surface area (Å²) < 4.78 is 13.0. The largest absolute Gasteiger partial charge is 0.355 e. The molecule has 3 N–H and O–H groups in total. The van der Waals surface area contributed by atoms with Crippen molar-refractivity contribution in [1.29, 1.82) is 0 Å². The Morgan fingerprint density at radius 1 is 1.33 bits per heavy atom. The van der Waals surface area contributed by atoms with Crippen LogP contribution >= 0.6 is 0 Å². The number of rotatable bonds is 7. The van der Waals surface area contributed by atoms with Gasteiger partial charge in [0.05, 0.1) is 6.42 Å². The first-order chi connectivity index (χ1) is 10.2. The van der Waals surface area contributed by atoms with Gasteiger partial charge in [0.2, 0.25) is 5.91 Å². The van der Waals surface area contributed by atoms with Gasteiger partial charge in [0.15, 0.2) is 5.96 Å². The summed E-state index contributed by atoms with van der Waals surface area (Å²) in [6.07, 6.45) is 1.90. The summed E-state index contributed by atoms with van der Waals surface area (Å²) >= 11 is 0. The van der Waals surface area contributed by atoms with Crippen molar-refractivity contribution < 1.29 is 9.18 Å². The summed E-state index contributed by atoms with van der Waals surface area (Å²) in [5.41, 5.74) is 0.656. The predicted molar refractivity (Wildman–Crippen MR) is 82.7 cm³/mol. The molecule has 21 heavy (non-hydrogen) atoms. The lowest BCUT2D eigenvalue weighted by Gasteiger charge is -2.11. The van der Waals surface area contributed by atoms with Crippen LogP contribution in [-0.4, -0.2) is 38.5 Å². The average molecular weight is 292 g/mol. The van der Waals surface area contributed by atoms with Crippen molar-refractivity contribution in [3.63, 3.8) is 0 Å². The minimum absolute atomic E-state index is 0.142. The minimum atomic E-state index is -0.334. The monoisotopic (exact) mass is 292 g/mol. The fourth-order valence-electron chi connectivity index (χ4n) is 1.67. The van der Waals surface area contributed by atoms with Gasteiger partial charge < -0.3 is 16.0 Å². The summed E-state index contributed by atoms with van der Waals surface area (Å²) in [6, 6.07) is 6.03. The number of nitrogens with one attached hydrogen (secondary N) is 3. The molecule has 1 aromatic carbocycles. The van der Waals surface area contributed by atoms with E-state index in [1.54, 1.807) is 25.3 Å². The maximum atomic E-state index is 13.0. The molecule has 6 heteroatoms. The first kappa shape index (κ1) is 16.7. The molecular weight excluding hydrogens is 271 g/mol. The molecule has 1 aromatic rings. The van der Waals surface area contributed by atoms with Crippen LogP contribution in [-0.2, 0) is 11.2 Å². The number of carbonyl (C=O) groups is 1. The van der Waals surface area contributed by atoms with Crippen LogP contribution in [0.15, 0.2) is 41.9 Å². The van der Waals surface area contributed by atoms with Gasteiger partial charge in [-0.3, -0.25) is 9.79 Å². The van der Waals surface area contributed by atoms with Crippen molar-refractivity contribution in [2.45, 2.75) is 6.42 Å². The van der Waals surface area contributed by atoms with Gasteiger partial charge in [0.1, 0.15) is 5.82 Å². The third-order valence-corrected chi connectivity index (χ3v) is 2.63. The number of nitrogens with zero attached hydrogens (tertiary/aromatic N) is 1. The van der Waals surface area contributed by atoms with Crippen LogP contribution in [0.2, 0.25) is 0 Å². The third-order valence-electron chi connectivity index (χ3n) is 2.63. The molecule has 114 valence electrons. The van der Waals surface area contributed by atoms with Crippen molar-refractivity contribution in [3.05, 3.63) is 48.3 Å². The molecule has 0 bridgehead atoms. The molecule has 5 nitrogen and oxygen atoms in total. The third kappa shape index (κ3) is 7.10. The minimum Gasteiger partial charge on any atom is -0.355 e. The summed E-state index contributed by atoms with van der Waals surface area (Å²) in [4.78, 5) is 15.7. The van der Waals surface area contributed by atoms with Gasteiger partial charge in [-0.15, -0.1) is 6.58 Å². The molecule has 0 saturated heterocycles. The van der Waals surface area contributed by atoms with Crippen LogP contribution in [0, 0.1) is 5.82 Å². The van der Waals surface area contributed by atoms with E-state index < -0.39 is 0 Å². The summed E-state index contributed by atoms with van der Waals surface area (Å²) in [5, 5.41) is 8.83. The molecule has 0 fully saturated rings. The Bertz CT molecular complexity index is 502. The summed E-state index contributed by atoms with van der Waals surface area (Å²) in [5.74, 6) is 0.171. The van der Waals surface area contributed by atoms with E-state index in [0.717, 1.165) is 0 Å². The quantitative estimate of drug-likeness (QED) is 0.302. The number of guanidine groups is 1. The molecule has 0 radical (unpaired) electrons. The SMILES string of the molecule is C=CCNC(=NC)NCCNC(=O)Cc1cccc(F)c1. The van der Waals surface area contributed by atoms with E-state index in [4.69, 9.17) is 0 Å². The van der Waals surface area contributed by atoms with Gasteiger partial charge >= 0.3 is 0 Å². The van der Waals surface area contributed by atoms with Crippen LogP contribution in [0.25, 0.3) is 0 Å². The number of carbonyl (C=O) groups excluding carboxylic acids is 1. The maximum Gasteiger partial charge on any atom is 0.224 e. The van der Waals surface area contributed by atoms with Crippen LogP contribution in [0.1, 0.15) is 5.56 Å². The molecule has 0 aliphatic heterocycles. The lowest BCUT2D eigenvalue weighted by atomic mass is 10.1. The highest BCUT2D eigenvalue weighted by Gasteiger charge is 2.03. The van der Waals surface area contributed by atoms with Crippen molar-refractivity contribution in [3.8, 4) is 0 Å². The second-order valence-electron chi connectivity index (χ2n) is 4.33. The van der Waals surface area contributed by atoms with Gasteiger partial charge in [-0.25, -0.2) is 4.39 Å². The van der Waals surface area contributed by atoms with E-state index in [1.165, 1.54) is 12.1 Å². The van der Waals surface area contributed by atoms with E-state index in [2.05, 4.69) is 27.5 Å². The second-order valence-corrected chi connectivity index (χ2v) is 4.33. The Labute approximate surface area is 124 Å². The Morgan fingerprint density at radius 3 is 2.76 bits per heavy atom. The van der Waals surface area contributed by atoms with Crippen molar-refractivity contribution in [2.24, 2.45) is 4.99 Å². The highest BCUT2D eigenvalue weighted by Crippen LogP contribution is 2.03. The summed E-state index contributed by atoms with van der Waals surface area (Å²) in [7, 11) is 1.67. The van der Waals surface area contributed by atoms with Gasteiger partial charge in [-0.1, -0.05) is 18.2 Å². The van der Waals surface area contributed by atoms with Crippen molar-refractivity contribution in [2.75, 3.05) is 26.7 Å². The van der Waals surface area contributed by atoms with Gasteiger partial charge in [0, 0.05) is 26.7 Å². The number of benzene rings is 1. The Kier molecular flexibility index (Phi) is 7.56. The zero-order chi connectivity index (χ0) is 15.5. The molecule has 1 amide bonds. The number of hydrogen-bond acceptors (Lipinski definition) is 2. The molecule has 0 aromatic heterocycles. The molecule has 0 aliphatic carbocycles. The number of aliphatic imine (C=N–C) groups is 1. The Hall–Kier alpha value is -2.37. The topological polar surface area (TPSA) is 65.5 Å². The fourth-order valence-corrected chi connectivity index (χ4v) is 1.67. The van der Waals surface area contributed by atoms with Crippen molar-refractivity contribution in [1.82, 2.24) is 16.0 Å². The fraction of sp³-hybridized carbons (Fsp3) is 0.333. The number of halogens is 1. The Balaban J connectivity index is 2.23. The van der Waals surface area contributed by atoms with Gasteiger partial charge in [-0.2, -0.15) is 0 Å². The summed E-state index contributed by atoms with van der Waals surface area (Å²) in [6.45, 7) is 5.23. The van der Waals surface area contributed by atoms with E-state index in [9.17, 15) is 9.18 Å². The molecule has 0 spiro atoms. The van der Waals surface area contributed by atoms with Crippen LogP contribution in [0.4, 0.5) is 4.39 Å². The molecule has 1 rings (SSSR count). The number of hydrogen-bond donors (Lipinski definition) is 3. The molecular formula is C15H21FN4O. The lowest BCUT2D eigenvalue weighted by molar-refractivity contribution is -0.120. The van der Waals surface area contributed by atoms with Crippen LogP contribution < -0.4 is 16.0 Å². The molecule has 0 saturated carbocycles. The standard InChI is InChI=1S/C15H21FN4O/c1-3-7-19-15(17-2)20-9-8-18-14(21)11-12-5-4-6-13(16)10-12/h3-6,10H,1,7-9,11H2,2H3,(H,18,21)(H2,17,19,20). The maximum absolute atomic E-state index is 13.0. The molecule has 0 atom stereocenters. The first-order valence-electron chi connectivity index (χ1n) is 6.72.